The van der Waals surface area contributed by atoms with Crippen LogP contribution in [0.4, 0.5) is 5.82 Å². The molecule has 9 atom stereocenters. The van der Waals surface area contributed by atoms with Gasteiger partial charge in [0.25, 0.3) is 0 Å². The van der Waals surface area contributed by atoms with E-state index in [1.54, 1.807) is 0 Å². The molecule has 2 saturated heterocycles. The van der Waals surface area contributed by atoms with Crippen LogP contribution in [0.5, 0.6) is 0 Å². The Morgan fingerprint density at radius 3 is 1.89 bits per heavy atom. The van der Waals surface area contributed by atoms with Crippen LogP contribution in [0.15, 0.2) is 53.5 Å². The van der Waals surface area contributed by atoms with Gasteiger partial charge in [0.15, 0.2) is 12.3 Å². The molecule has 2 aliphatic heterocycles. The minimum Gasteiger partial charge on any atom is -0.462 e. The van der Waals surface area contributed by atoms with Gasteiger partial charge in [-0.2, -0.15) is 9.29 Å². The van der Waals surface area contributed by atoms with Gasteiger partial charge in [0.2, 0.25) is 0 Å². The van der Waals surface area contributed by atoms with Gasteiger partial charge >= 0.3 is 33.3 Å². The van der Waals surface area contributed by atoms with Crippen molar-refractivity contribution in [2.24, 2.45) is 5.92 Å². The number of nitrogens with two attached hydrogens (primary N) is 1. The highest BCUT2D eigenvalue weighted by atomic mass is 31.3. The van der Waals surface area contributed by atoms with Crippen molar-refractivity contribution < 1.29 is 71.0 Å². The molecule has 19 nitrogen and oxygen atoms in total. The lowest BCUT2D eigenvalue weighted by Crippen LogP contribution is -2.36. The maximum absolute atomic E-state index is 12.9. The first-order chi connectivity index (χ1) is 36.0. The first-order valence-electron chi connectivity index (χ1n) is 28.0. The van der Waals surface area contributed by atoms with E-state index in [0.29, 0.717) is 31.5 Å². The number of aromatic nitrogens is 2. The molecule has 6 N–H and O–H groups in total. The molecule has 75 heavy (non-hydrogen) atoms. The first kappa shape index (κ1) is 66.2. The number of aliphatic hydroxyl groups is 2. The summed E-state index contributed by atoms with van der Waals surface area (Å²) in [7, 11) is -10.9. The number of rotatable bonds is 45. The van der Waals surface area contributed by atoms with Crippen molar-refractivity contribution in [3.05, 3.63) is 59.2 Å². The van der Waals surface area contributed by atoms with E-state index < -0.39 is 83.7 Å². The van der Waals surface area contributed by atoms with Gasteiger partial charge in [-0.15, -0.1) is 0 Å². The van der Waals surface area contributed by atoms with Crippen LogP contribution in [-0.2, 0) is 51.0 Å². The van der Waals surface area contributed by atoms with Crippen LogP contribution >= 0.6 is 15.6 Å². The summed E-state index contributed by atoms with van der Waals surface area (Å²) in [6, 6.07) is 1.25. The second kappa shape index (κ2) is 38.5. The number of nitrogen functional groups attached to an aromatic ring is 1. The van der Waals surface area contributed by atoms with E-state index in [1.165, 1.54) is 102 Å². The van der Waals surface area contributed by atoms with Crippen LogP contribution in [0.1, 0.15) is 207 Å². The monoisotopic (exact) mass is 1100 g/mol. The number of hydrogen-bond donors (Lipinski definition) is 5. The van der Waals surface area contributed by atoms with Crippen LogP contribution in [0.25, 0.3) is 0 Å². The molecule has 0 saturated carbocycles. The number of phosphoric ester groups is 2. The van der Waals surface area contributed by atoms with Crippen molar-refractivity contribution in [2.45, 2.75) is 243 Å². The molecular formula is C54H93N3O16P2. The summed E-state index contributed by atoms with van der Waals surface area (Å²) in [6.45, 7) is 4.43. The molecule has 2 fully saturated rings. The largest absolute Gasteiger partial charge is 0.481 e. The van der Waals surface area contributed by atoms with Crippen molar-refractivity contribution >= 4 is 33.4 Å². The van der Waals surface area contributed by atoms with E-state index in [2.05, 4.69) is 54.4 Å². The Morgan fingerprint density at radius 1 is 0.707 bits per heavy atom. The zero-order valence-electron chi connectivity index (χ0n) is 45.2. The maximum Gasteiger partial charge on any atom is 0.481 e. The molecule has 21 heteroatoms. The van der Waals surface area contributed by atoms with E-state index in [4.69, 9.17) is 33.7 Å². The van der Waals surface area contributed by atoms with Crippen LogP contribution in [-0.4, -0.2) is 97.9 Å². The fourth-order valence-corrected chi connectivity index (χ4v) is 10.8. The Kier molecular flexibility index (Phi) is 34.0. The van der Waals surface area contributed by atoms with E-state index in [1.807, 2.05) is 12.2 Å². The predicted octanol–water partition coefficient (Wildman–Crippen LogP) is 11.2. The third-order valence-electron chi connectivity index (χ3n) is 13.1. The van der Waals surface area contributed by atoms with Crippen molar-refractivity contribution in [1.29, 1.82) is 0 Å². The quantitative estimate of drug-likeness (QED) is 0.0133. The van der Waals surface area contributed by atoms with Gasteiger partial charge in [-0.1, -0.05) is 179 Å². The molecule has 4 unspecified atom stereocenters. The second-order valence-corrected chi connectivity index (χ2v) is 23.3. The van der Waals surface area contributed by atoms with Gasteiger partial charge in [-0.25, -0.2) is 13.9 Å². The molecule has 3 heterocycles. The number of ether oxygens (including phenoxy) is 4. The van der Waals surface area contributed by atoms with Gasteiger partial charge in [0.05, 0.1) is 25.4 Å². The zero-order valence-corrected chi connectivity index (χ0v) is 47.0. The van der Waals surface area contributed by atoms with Gasteiger partial charge < -0.3 is 44.7 Å². The lowest BCUT2D eigenvalue weighted by Gasteiger charge is -2.21. The number of phosphoric acid groups is 2. The summed E-state index contributed by atoms with van der Waals surface area (Å²) < 4.78 is 62.6. The highest BCUT2D eigenvalue weighted by molar-refractivity contribution is 7.61. The minimum atomic E-state index is -5.44. The summed E-state index contributed by atoms with van der Waals surface area (Å²) in [4.78, 5) is 62.1. The minimum absolute atomic E-state index is 0.0389. The molecule has 0 bridgehead atoms. The molecule has 0 spiro atoms. The molecule has 3 rings (SSSR count). The Labute approximate surface area is 446 Å². The number of unbranched alkanes of at least 4 members (excludes halogenated alkanes) is 18. The van der Waals surface area contributed by atoms with Crippen molar-refractivity contribution in [2.75, 3.05) is 25.6 Å². The smallest absolute Gasteiger partial charge is 0.462 e. The lowest BCUT2D eigenvalue weighted by atomic mass is 10.0. The molecular weight excluding hydrogens is 1010 g/mol. The summed E-state index contributed by atoms with van der Waals surface area (Å²) in [5, 5.41) is 20.9. The first-order valence-corrected chi connectivity index (χ1v) is 31.0. The average Bonchev–Trinajstić information content (AvgIpc) is 4.05. The topological polar surface area (TPSA) is 278 Å². The number of esters is 2. The Bertz CT molecular complexity index is 1980. The summed E-state index contributed by atoms with van der Waals surface area (Å²) >= 11 is 0. The lowest BCUT2D eigenvalue weighted by molar-refractivity contribution is -0.161. The van der Waals surface area contributed by atoms with Gasteiger partial charge in [0.1, 0.15) is 30.7 Å². The predicted molar refractivity (Wildman–Crippen MR) is 288 cm³/mol. The van der Waals surface area contributed by atoms with Crippen LogP contribution in [0.3, 0.4) is 0 Å². The Balaban J connectivity index is 1.37. The van der Waals surface area contributed by atoms with E-state index >= 15 is 0 Å². The van der Waals surface area contributed by atoms with Crippen molar-refractivity contribution in [3.8, 4) is 0 Å². The number of allylic oxidation sites excluding steroid dienone is 5. The van der Waals surface area contributed by atoms with E-state index in [-0.39, 0.29) is 18.7 Å². The molecule has 0 aromatic carbocycles. The standard InChI is InChI=1S/C54H93N3O16P2/c1-4-5-28-34-45-46(71-45)35-30-25-21-17-14-15-18-22-26-31-36-49(58)67-40-44(70-50(59)37-32-27-23-19-13-11-9-7-6-8-10-12-16-20-24-29-33-43(2)3)41-68-74(63,64)73-75(65,66)69-42-47-51(60)52(61)53(72-47)57-39-38-48(55)56-54(57)62/h14,17-18,22,25,30,38-39,43-47,51-53,60-61H,4-13,15-16,19-21,23-24,26-29,31-37,40-42H2,1-3H3,(H,63,64)(H,65,66)(H2,55,56,62)/b17-14-,22-18-,30-25-/t44-,45?,46?,47-,51-,52-,53-/m1/s1. The fourth-order valence-electron chi connectivity index (χ4n) is 8.64. The normalized spacial score (nSPS) is 21.8. The number of anilines is 1. The number of hydrogen-bond acceptors (Lipinski definition) is 16. The SMILES string of the molecule is CCCCCC1OC1C/C=C\C/C=C\C/C=C\CCCC(=O)OC[C@H](COP(=O)(O)OP(=O)(O)OC[C@H]1O[C@@H](n2ccc(N)nc2=O)[C@H](O)[C@@H]1O)OC(=O)CCCCCCCCCCCCCCCCCCC(C)C. The van der Waals surface area contributed by atoms with E-state index in [9.17, 15) is 43.5 Å². The molecule has 0 radical (unpaired) electrons. The summed E-state index contributed by atoms with van der Waals surface area (Å²) in [6.07, 6.45) is 35.4. The number of carbonyl (C=O) groups is 2. The fraction of sp³-hybridized carbons (Fsp3) is 0.778. The molecule has 0 aliphatic carbocycles. The Morgan fingerprint density at radius 2 is 1.28 bits per heavy atom. The van der Waals surface area contributed by atoms with Crippen LogP contribution in [0.2, 0.25) is 0 Å². The number of carbonyl (C=O) groups excluding carboxylic acids is 2. The number of epoxide rings is 1. The highest BCUT2D eigenvalue weighted by Crippen LogP contribution is 2.60. The molecule has 1 aromatic heterocycles. The van der Waals surface area contributed by atoms with E-state index in [0.717, 1.165) is 68.0 Å². The van der Waals surface area contributed by atoms with Crippen molar-refractivity contribution in [1.82, 2.24) is 9.55 Å². The summed E-state index contributed by atoms with van der Waals surface area (Å²) in [5.74, 6) is -0.555. The molecule has 0 amide bonds. The molecule has 1 aromatic rings. The Hall–Kier alpha value is -3.06. The van der Waals surface area contributed by atoms with Gasteiger partial charge in [-0.05, 0) is 56.9 Å². The van der Waals surface area contributed by atoms with Crippen LogP contribution < -0.4 is 11.4 Å². The van der Waals surface area contributed by atoms with Gasteiger partial charge in [-0.3, -0.25) is 23.2 Å². The third-order valence-corrected chi connectivity index (χ3v) is 15.7. The average molecular weight is 1100 g/mol. The van der Waals surface area contributed by atoms with Gasteiger partial charge in [0, 0.05) is 19.0 Å². The zero-order chi connectivity index (χ0) is 54.7. The van der Waals surface area contributed by atoms with Crippen molar-refractivity contribution in [3.63, 3.8) is 0 Å². The number of aliphatic hydroxyl groups excluding tert-OH is 2. The maximum atomic E-state index is 12.9. The second-order valence-electron chi connectivity index (χ2n) is 20.3. The highest BCUT2D eigenvalue weighted by Gasteiger charge is 2.46. The third kappa shape index (κ3) is 31.2. The number of nitrogens with zero attached hydrogens (tertiary/aromatic N) is 2. The molecule has 2 aliphatic rings. The summed E-state index contributed by atoms with van der Waals surface area (Å²) in [5.41, 5.74) is 4.59. The molecule has 430 valence electrons. The van der Waals surface area contributed by atoms with Crippen LogP contribution in [0, 0.1) is 5.92 Å².